The molecule has 2 N–H and O–H groups in total. The van der Waals surface area contributed by atoms with Gasteiger partial charge < -0.3 is 4.74 Å². The van der Waals surface area contributed by atoms with Crippen molar-refractivity contribution in [1.82, 2.24) is 0 Å². The van der Waals surface area contributed by atoms with Gasteiger partial charge >= 0.3 is 0 Å². The van der Waals surface area contributed by atoms with E-state index in [4.69, 9.17) is 9.88 Å². The lowest BCUT2D eigenvalue weighted by molar-refractivity contribution is 0.315. The standard InChI is InChI=1S/C13H21NO5S2/c1-4-20(15,16)9-5-8-19-12-6-7-13(21(14,17)18)11(3)10(12)2/h6-7H,4-5,8-9H2,1-3H3,(H2,14,17,18). The zero-order valence-electron chi connectivity index (χ0n) is 12.4. The molecule has 0 amide bonds. The van der Waals surface area contributed by atoms with E-state index in [1.165, 1.54) is 12.1 Å². The monoisotopic (exact) mass is 335 g/mol. The lowest BCUT2D eigenvalue weighted by Crippen LogP contribution is -2.15. The van der Waals surface area contributed by atoms with Crippen molar-refractivity contribution in [2.24, 2.45) is 5.14 Å². The van der Waals surface area contributed by atoms with Gasteiger partial charge in [0, 0.05) is 5.75 Å². The normalized spacial score (nSPS) is 12.4. The molecule has 0 atom stereocenters. The van der Waals surface area contributed by atoms with Crippen LogP contribution in [0.3, 0.4) is 0 Å². The molecule has 0 unspecified atom stereocenters. The minimum absolute atomic E-state index is 0.0703. The highest BCUT2D eigenvalue weighted by Gasteiger charge is 2.15. The Kier molecular flexibility index (Phi) is 5.77. The summed E-state index contributed by atoms with van der Waals surface area (Å²) >= 11 is 0. The van der Waals surface area contributed by atoms with Crippen molar-refractivity contribution in [2.45, 2.75) is 32.1 Å². The Morgan fingerprint density at radius 2 is 1.71 bits per heavy atom. The molecule has 0 aliphatic rings. The van der Waals surface area contributed by atoms with E-state index in [1.54, 1.807) is 20.8 Å². The summed E-state index contributed by atoms with van der Waals surface area (Å²) in [5.74, 6) is 0.735. The number of hydrogen-bond donors (Lipinski definition) is 1. The molecular formula is C13H21NO5S2. The molecule has 0 aromatic heterocycles. The first-order valence-corrected chi connectivity index (χ1v) is 9.91. The minimum atomic E-state index is -3.76. The second kappa shape index (κ2) is 6.76. The van der Waals surface area contributed by atoms with Gasteiger partial charge in [-0.3, -0.25) is 0 Å². The summed E-state index contributed by atoms with van der Waals surface area (Å²) < 4.78 is 51.0. The molecule has 0 saturated carbocycles. The van der Waals surface area contributed by atoms with Gasteiger partial charge in [0.2, 0.25) is 10.0 Å². The van der Waals surface area contributed by atoms with E-state index in [9.17, 15) is 16.8 Å². The van der Waals surface area contributed by atoms with Crippen LogP contribution in [0.2, 0.25) is 0 Å². The second-order valence-electron chi connectivity index (χ2n) is 4.80. The molecule has 0 aliphatic carbocycles. The maximum Gasteiger partial charge on any atom is 0.238 e. The SMILES string of the molecule is CCS(=O)(=O)CCCOc1ccc(S(N)(=O)=O)c(C)c1C. The summed E-state index contributed by atoms with van der Waals surface area (Å²) in [7, 11) is -6.75. The molecule has 1 aromatic carbocycles. The zero-order valence-corrected chi connectivity index (χ0v) is 14.1. The van der Waals surface area contributed by atoms with Crippen LogP contribution in [0.4, 0.5) is 0 Å². The van der Waals surface area contributed by atoms with E-state index >= 15 is 0 Å². The van der Waals surface area contributed by atoms with Crippen molar-refractivity contribution in [2.75, 3.05) is 18.1 Å². The Balaban J connectivity index is 2.77. The van der Waals surface area contributed by atoms with Crippen molar-refractivity contribution in [1.29, 1.82) is 0 Å². The van der Waals surface area contributed by atoms with E-state index < -0.39 is 19.9 Å². The van der Waals surface area contributed by atoms with Gasteiger partial charge in [0.25, 0.3) is 0 Å². The van der Waals surface area contributed by atoms with Crippen LogP contribution in [-0.4, -0.2) is 34.9 Å². The van der Waals surface area contributed by atoms with Crippen molar-refractivity contribution in [3.8, 4) is 5.75 Å². The maximum absolute atomic E-state index is 11.4. The number of nitrogens with two attached hydrogens (primary N) is 1. The van der Waals surface area contributed by atoms with Crippen LogP contribution in [0.25, 0.3) is 0 Å². The van der Waals surface area contributed by atoms with Gasteiger partial charge in [0.15, 0.2) is 0 Å². The van der Waals surface area contributed by atoms with Gasteiger partial charge in [0.05, 0.1) is 17.3 Å². The molecule has 0 heterocycles. The third-order valence-electron chi connectivity index (χ3n) is 3.29. The third kappa shape index (κ3) is 4.98. The molecule has 0 spiro atoms. The number of primary sulfonamides is 1. The molecule has 21 heavy (non-hydrogen) atoms. The lowest BCUT2D eigenvalue weighted by Gasteiger charge is -2.13. The second-order valence-corrected chi connectivity index (χ2v) is 8.80. The lowest BCUT2D eigenvalue weighted by atomic mass is 10.1. The van der Waals surface area contributed by atoms with Crippen molar-refractivity contribution >= 4 is 19.9 Å². The Labute approximate surface area is 126 Å². The predicted octanol–water partition coefficient (Wildman–Crippen LogP) is 1.15. The van der Waals surface area contributed by atoms with Crippen molar-refractivity contribution in [3.05, 3.63) is 23.3 Å². The van der Waals surface area contributed by atoms with Crippen LogP contribution in [0.1, 0.15) is 24.5 Å². The van der Waals surface area contributed by atoms with E-state index in [-0.39, 0.29) is 23.0 Å². The van der Waals surface area contributed by atoms with Crippen LogP contribution in [0.15, 0.2) is 17.0 Å². The largest absolute Gasteiger partial charge is 0.493 e. The van der Waals surface area contributed by atoms with Gasteiger partial charge in [-0.05, 0) is 43.5 Å². The Morgan fingerprint density at radius 1 is 1.10 bits per heavy atom. The van der Waals surface area contributed by atoms with Crippen LogP contribution in [-0.2, 0) is 19.9 Å². The first-order chi connectivity index (χ1) is 9.58. The van der Waals surface area contributed by atoms with E-state index in [0.29, 0.717) is 23.3 Å². The molecular weight excluding hydrogens is 314 g/mol. The topological polar surface area (TPSA) is 104 Å². The van der Waals surface area contributed by atoms with E-state index in [2.05, 4.69) is 0 Å². The number of benzene rings is 1. The fourth-order valence-corrected chi connectivity index (χ4v) is 3.52. The number of ether oxygens (including phenoxy) is 1. The molecule has 0 saturated heterocycles. The quantitative estimate of drug-likeness (QED) is 0.753. The first kappa shape index (κ1) is 17.9. The Bertz CT molecular complexity index is 708. The minimum Gasteiger partial charge on any atom is -0.493 e. The van der Waals surface area contributed by atoms with E-state index in [0.717, 1.165) is 0 Å². The molecule has 1 rings (SSSR count). The Morgan fingerprint density at radius 3 is 2.24 bits per heavy atom. The first-order valence-electron chi connectivity index (χ1n) is 6.54. The average molecular weight is 335 g/mol. The van der Waals surface area contributed by atoms with Crippen LogP contribution < -0.4 is 9.88 Å². The van der Waals surface area contributed by atoms with Crippen molar-refractivity contribution < 1.29 is 21.6 Å². The fraction of sp³-hybridized carbons (Fsp3) is 0.538. The predicted molar refractivity (Wildman–Crippen MR) is 81.7 cm³/mol. The molecule has 0 aliphatic heterocycles. The molecule has 8 heteroatoms. The molecule has 0 radical (unpaired) electrons. The van der Waals surface area contributed by atoms with Crippen LogP contribution in [0.5, 0.6) is 5.75 Å². The zero-order chi connectivity index (χ0) is 16.3. The smallest absolute Gasteiger partial charge is 0.238 e. The van der Waals surface area contributed by atoms with E-state index in [1.807, 2.05) is 0 Å². The van der Waals surface area contributed by atoms with Crippen molar-refractivity contribution in [3.63, 3.8) is 0 Å². The number of sulfone groups is 1. The fourth-order valence-electron chi connectivity index (χ4n) is 1.84. The van der Waals surface area contributed by atoms with Crippen LogP contribution >= 0.6 is 0 Å². The summed E-state index contributed by atoms with van der Waals surface area (Å²) in [6, 6.07) is 2.94. The third-order valence-corrected chi connectivity index (χ3v) is 6.14. The van der Waals surface area contributed by atoms with Gasteiger partial charge in [-0.15, -0.1) is 0 Å². The summed E-state index contributed by atoms with van der Waals surface area (Å²) in [4.78, 5) is 0.0703. The summed E-state index contributed by atoms with van der Waals surface area (Å²) in [5.41, 5.74) is 1.22. The summed E-state index contributed by atoms with van der Waals surface area (Å²) in [6.07, 6.45) is 0.394. The van der Waals surface area contributed by atoms with Crippen LogP contribution in [0, 0.1) is 13.8 Å². The molecule has 6 nitrogen and oxygen atoms in total. The number of sulfonamides is 1. The molecule has 0 bridgehead atoms. The Hall–Kier alpha value is -1.12. The molecule has 0 fully saturated rings. The molecule has 1 aromatic rings. The highest BCUT2D eigenvalue weighted by Crippen LogP contribution is 2.26. The number of rotatable bonds is 7. The van der Waals surface area contributed by atoms with Gasteiger partial charge in [-0.1, -0.05) is 6.92 Å². The highest BCUT2D eigenvalue weighted by molar-refractivity contribution is 7.91. The summed E-state index contributed by atoms with van der Waals surface area (Å²) in [6.45, 7) is 5.26. The van der Waals surface area contributed by atoms with Gasteiger partial charge in [0.1, 0.15) is 15.6 Å². The number of hydrogen-bond acceptors (Lipinski definition) is 5. The summed E-state index contributed by atoms with van der Waals surface area (Å²) in [5, 5.41) is 5.13. The highest BCUT2D eigenvalue weighted by atomic mass is 32.2. The maximum atomic E-state index is 11.4. The average Bonchev–Trinajstić information content (AvgIpc) is 2.38. The van der Waals surface area contributed by atoms with Gasteiger partial charge in [-0.2, -0.15) is 0 Å². The molecule has 120 valence electrons. The van der Waals surface area contributed by atoms with Gasteiger partial charge in [-0.25, -0.2) is 22.0 Å².